The molecule has 0 unspecified atom stereocenters. The highest BCUT2D eigenvalue weighted by Crippen LogP contribution is 2.59. The van der Waals surface area contributed by atoms with E-state index < -0.39 is 0 Å². The average Bonchev–Trinajstić information content (AvgIpc) is 2.60. The Morgan fingerprint density at radius 3 is 2.56 bits per heavy atom. The number of ether oxygens (including phenoxy) is 2. The second-order valence-corrected chi connectivity index (χ2v) is 6.86. The highest BCUT2D eigenvalue weighted by Gasteiger charge is 2.61. The molecule has 2 nitrogen and oxygen atoms in total. The van der Waals surface area contributed by atoms with Gasteiger partial charge in [0.1, 0.15) is 0 Å². The van der Waals surface area contributed by atoms with Crippen LogP contribution in [0.15, 0.2) is 11.6 Å². The van der Waals surface area contributed by atoms with Crippen LogP contribution in [-0.2, 0) is 9.47 Å². The van der Waals surface area contributed by atoms with Gasteiger partial charge in [-0.15, -0.1) is 0 Å². The fourth-order valence-electron chi connectivity index (χ4n) is 4.21. The normalized spacial score (nSPS) is 46.9. The first-order valence-corrected chi connectivity index (χ1v) is 7.48. The second-order valence-electron chi connectivity index (χ2n) is 6.86. The van der Waals surface area contributed by atoms with Crippen molar-refractivity contribution in [1.82, 2.24) is 0 Å². The lowest BCUT2D eigenvalue weighted by Gasteiger charge is -2.54. The summed E-state index contributed by atoms with van der Waals surface area (Å²) in [6.45, 7) is 8.96. The van der Waals surface area contributed by atoms with Gasteiger partial charge in [0.15, 0.2) is 5.79 Å². The van der Waals surface area contributed by atoms with Gasteiger partial charge in [0.05, 0.1) is 12.2 Å². The molecule has 18 heavy (non-hydrogen) atoms. The first-order chi connectivity index (χ1) is 8.47. The molecular weight excluding hydrogens is 224 g/mol. The molecule has 102 valence electrons. The highest BCUT2D eigenvalue weighted by atomic mass is 16.8. The first-order valence-electron chi connectivity index (χ1n) is 7.48. The molecule has 0 bridgehead atoms. The van der Waals surface area contributed by atoms with Crippen LogP contribution in [0.2, 0.25) is 0 Å². The zero-order valence-electron chi connectivity index (χ0n) is 12.2. The fourth-order valence-corrected chi connectivity index (χ4v) is 4.21. The highest BCUT2D eigenvalue weighted by molar-refractivity contribution is 5.15. The maximum Gasteiger partial charge on any atom is 0.175 e. The van der Waals surface area contributed by atoms with Crippen LogP contribution in [0.5, 0.6) is 0 Å². The molecule has 0 aromatic heterocycles. The van der Waals surface area contributed by atoms with Gasteiger partial charge in [0.2, 0.25) is 0 Å². The Morgan fingerprint density at radius 2 is 1.89 bits per heavy atom. The van der Waals surface area contributed by atoms with Gasteiger partial charge in [-0.25, -0.2) is 0 Å². The van der Waals surface area contributed by atoms with Crippen LogP contribution in [0.1, 0.15) is 59.8 Å². The third kappa shape index (κ3) is 1.61. The topological polar surface area (TPSA) is 18.5 Å². The molecule has 0 aromatic carbocycles. The molecule has 3 rings (SSSR count). The molecular formula is C16H26O2. The largest absolute Gasteiger partial charge is 0.344 e. The number of hydrogen-bond acceptors (Lipinski definition) is 2. The molecule has 1 saturated heterocycles. The van der Waals surface area contributed by atoms with E-state index in [0.29, 0.717) is 0 Å². The van der Waals surface area contributed by atoms with Gasteiger partial charge in [0, 0.05) is 11.8 Å². The Balaban J connectivity index is 1.96. The van der Waals surface area contributed by atoms with E-state index in [0.717, 1.165) is 18.8 Å². The summed E-state index contributed by atoms with van der Waals surface area (Å²) < 4.78 is 12.7. The first kappa shape index (κ1) is 12.7. The van der Waals surface area contributed by atoms with Crippen LogP contribution in [0.4, 0.5) is 0 Å². The summed E-state index contributed by atoms with van der Waals surface area (Å²) in [5.41, 5.74) is 1.72. The molecule has 0 aromatic rings. The van der Waals surface area contributed by atoms with Crippen molar-refractivity contribution in [2.75, 3.05) is 0 Å². The van der Waals surface area contributed by atoms with Crippen molar-refractivity contribution in [1.29, 1.82) is 0 Å². The molecule has 0 N–H and O–H groups in total. The monoisotopic (exact) mass is 250 g/mol. The summed E-state index contributed by atoms with van der Waals surface area (Å²) in [4.78, 5) is 0. The second kappa shape index (κ2) is 4.08. The van der Waals surface area contributed by atoms with Crippen LogP contribution in [0, 0.1) is 11.3 Å². The van der Waals surface area contributed by atoms with Gasteiger partial charge in [0.25, 0.3) is 0 Å². The molecule has 4 atom stereocenters. The number of allylic oxidation sites excluding steroid dienone is 2. The fraction of sp³-hybridized carbons (Fsp3) is 0.875. The number of hydrogen-bond donors (Lipinski definition) is 0. The number of rotatable bonds is 0. The molecule has 1 aliphatic heterocycles. The van der Waals surface area contributed by atoms with E-state index in [-0.39, 0.29) is 23.4 Å². The summed E-state index contributed by atoms with van der Waals surface area (Å²) in [5.74, 6) is 0.417. The zero-order chi connectivity index (χ0) is 13.0. The lowest BCUT2D eigenvalue weighted by Crippen LogP contribution is -2.55. The SMILES string of the molecule is CC1=CC[C@@]2(C)[C@H](CCCC23O[C@H](C)[C@@H](C)O3)C1. The third-order valence-electron chi connectivity index (χ3n) is 5.69. The Labute approximate surface area is 111 Å². The smallest absolute Gasteiger partial charge is 0.175 e. The Bertz CT molecular complexity index is 363. The quantitative estimate of drug-likeness (QED) is 0.604. The van der Waals surface area contributed by atoms with Crippen molar-refractivity contribution in [2.24, 2.45) is 11.3 Å². The Kier molecular flexibility index (Phi) is 2.87. The number of fused-ring (bicyclic) bond motifs is 2. The van der Waals surface area contributed by atoms with Gasteiger partial charge in [-0.2, -0.15) is 0 Å². The van der Waals surface area contributed by atoms with Crippen LogP contribution in [0.25, 0.3) is 0 Å². The molecule has 3 aliphatic rings. The minimum absolute atomic E-state index is 0.170. The molecule has 1 spiro atoms. The van der Waals surface area contributed by atoms with E-state index in [1.807, 2.05) is 0 Å². The lowest BCUT2D eigenvalue weighted by atomic mass is 9.58. The predicted octanol–water partition coefficient (Wildman–Crippen LogP) is 4.05. The zero-order valence-corrected chi connectivity index (χ0v) is 12.2. The van der Waals surface area contributed by atoms with E-state index in [1.165, 1.54) is 19.3 Å². The van der Waals surface area contributed by atoms with E-state index in [9.17, 15) is 0 Å². The average molecular weight is 250 g/mol. The van der Waals surface area contributed by atoms with E-state index >= 15 is 0 Å². The van der Waals surface area contributed by atoms with Crippen LogP contribution in [0.3, 0.4) is 0 Å². The molecule has 1 heterocycles. The molecule has 2 aliphatic carbocycles. The lowest BCUT2D eigenvalue weighted by molar-refractivity contribution is -0.279. The minimum atomic E-state index is -0.314. The van der Waals surface area contributed by atoms with Crippen LogP contribution < -0.4 is 0 Å². The van der Waals surface area contributed by atoms with E-state index in [1.54, 1.807) is 5.57 Å². The summed E-state index contributed by atoms with van der Waals surface area (Å²) in [6, 6.07) is 0. The maximum absolute atomic E-state index is 6.36. The van der Waals surface area contributed by atoms with Crippen molar-refractivity contribution in [3.8, 4) is 0 Å². The summed E-state index contributed by atoms with van der Waals surface area (Å²) in [5, 5.41) is 0. The van der Waals surface area contributed by atoms with Crippen molar-refractivity contribution in [2.45, 2.75) is 77.8 Å². The van der Waals surface area contributed by atoms with Crippen molar-refractivity contribution in [3.05, 3.63) is 11.6 Å². The molecule has 0 radical (unpaired) electrons. The van der Waals surface area contributed by atoms with Crippen molar-refractivity contribution >= 4 is 0 Å². The van der Waals surface area contributed by atoms with Gasteiger partial charge in [-0.3, -0.25) is 0 Å². The van der Waals surface area contributed by atoms with Crippen LogP contribution >= 0.6 is 0 Å². The summed E-state index contributed by atoms with van der Waals surface area (Å²) >= 11 is 0. The van der Waals surface area contributed by atoms with Gasteiger partial charge >= 0.3 is 0 Å². The Morgan fingerprint density at radius 1 is 1.22 bits per heavy atom. The van der Waals surface area contributed by atoms with Crippen molar-refractivity contribution in [3.63, 3.8) is 0 Å². The van der Waals surface area contributed by atoms with Gasteiger partial charge in [-0.05, 0) is 52.4 Å². The Hall–Kier alpha value is -0.340. The third-order valence-corrected chi connectivity index (χ3v) is 5.69. The van der Waals surface area contributed by atoms with E-state index in [4.69, 9.17) is 9.47 Å². The standard InChI is InChI=1S/C16H26O2/c1-11-7-9-15(4)14(10-11)6-5-8-16(15)17-12(2)13(3)18-16/h7,12-14H,5-6,8-10H2,1-4H3/t12-,13-,14-,15+/m1/s1. The predicted molar refractivity (Wildman–Crippen MR) is 72.3 cm³/mol. The van der Waals surface area contributed by atoms with E-state index in [2.05, 4.69) is 33.8 Å². The minimum Gasteiger partial charge on any atom is -0.344 e. The maximum atomic E-state index is 6.36. The molecule has 2 heteroatoms. The molecule has 0 amide bonds. The molecule has 1 saturated carbocycles. The van der Waals surface area contributed by atoms with Crippen molar-refractivity contribution < 1.29 is 9.47 Å². The summed E-state index contributed by atoms with van der Waals surface area (Å²) in [6.07, 6.45) is 8.86. The van der Waals surface area contributed by atoms with Crippen LogP contribution in [-0.4, -0.2) is 18.0 Å². The van der Waals surface area contributed by atoms with Gasteiger partial charge < -0.3 is 9.47 Å². The van der Waals surface area contributed by atoms with Gasteiger partial charge in [-0.1, -0.05) is 18.6 Å². The molecule has 2 fully saturated rings. The summed E-state index contributed by atoms with van der Waals surface area (Å²) in [7, 11) is 0.